The Balaban J connectivity index is 1.47. The van der Waals surface area contributed by atoms with Crippen LogP contribution in [0.2, 0.25) is 0 Å². The number of furan rings is 1. The molecule has 0 aliphatic rings. The van der Waals surface area contributed by atoms with E-state index in [4.69, 9.17) is 14.1 Å². The summed E-state index contributed by atoms with van der Waals surface area (Å²) in [6.45, 7) is 0. The molecule has 3 heterocycles. The number of nitrogens with zero attached hydrogens (tertiary/aromatic N) is 3. The van der Waals surface area contributed by atoms with Crippen LogP contribution in [0, 0.1) is 11.3 Å². The number of pyridine rings is 1. The lowest BCUT2D eigenvalue weighted by Gasteiger charge is -2.13. The minimum absolute atomic E-state index is 0.0254. The van der Waals surface area contributed by atoms with Gasteiger partial charge in [-0.2, -0.15) is 5.26 Å². The number of aromatic nitrogens is 3. The molecule has 188 valence electrons. The van der Waals surface area contributed by atoms with Gasteiger partial charge in [-0.05, 0) is 65.7 Å². The average molecular weight is 513 g/mol. The van der Waals surface area contributed by atoms with Gasteiger partial charge in [0, 0.05) is 11.3 Å². The lowest BCUT2D eigenvalue weighted by molar-refractivity contribution is 0.415. The molecule has 0 bridgehead atoms. The Morgan fingerprint density at radius 1 is 0.923 bits per heavy atom. The van der Waals surface area contributed by atoms with Crippen LogP contribution in [0.3, 0.4) is 0 Å². The number of benzene rings is 3. The van der Waals surface area contributed by atoms with Gasteiger partial charge in [0.15, 0.2) is 11.6 Å². The second-order valence-electron chi connectivity index (χ2n) is 8.76. The highest BCUT2D eigenvalue weighted by molar-refractivity contribution is 5.80. The van der Waals surface area contributed by atoms with Crippen LogP contribution >= 0.6 is 0 Å². The summed E-state index contributed by atoms with van der Waals surface area (Å²) in [7, 11) is 1.57. The lowest BCUT2D eigenvalue weighted by atomic mass is 9.99. The zero-order valence-electron chi connectivity index (χ0n) is 20.7. The zero-order chi connectivity index (χ0) is 26.9. The quantitative estimate of drug-likeness (QED) is 0.324. The molecular weight excluding hydrogens is 492 g/mol. The molecular formula is C31H20N4O4. The highest BCUT2D eigenvalue weighted by Crippen LogP contribution is 2.29. The third-order valence-corrected chi connectivity index (χ3v) is 6.50. The molecule has 1 N–H and O–H groups in total. The molecule has 0 saturated heterocycles. The summed E-state index contributed by atoms with van der Waals surface area (Å²) < 4.78 is 12.3. The summed E-state index contributed by atoms with van der Waals surface area (Å²) in [5, 5.41) is 10.1. The average Bonchev–Trinajstić information content (AvgIpc) is 3.52. The second kappa shape index (κ2) is 9.65. The first-order chi connectivity index (χ1) is 19.1. The highest BCUT2D eigenvalue weighted by atomic mass is 16.5. The minimum Gasteiger partial charge on any atom is -0.497 e. The molecule has 0 fully saturated rings. The Labute approximate surface area is 222 Å². The highest BCUT2D eigenvalue weighted by Gasteiger charge is 2.17. The molecule has 0 aliphatic carbocycles. The molecule has 0 radical (unpaired) electrons. The van der Waals surface area contributed by atoms with Crippen LogP contribution in [-0.2, 0) is 0 Å². The van der Waals surface area contributed by atoms with Gasteiger partial charge in [-0.25, -0.2) is 4.98 Å². The molecule has 39 heavy (non-hydrogen) atoms. The first kappa shape index (κ1) is 23.7. The molecule has 6 rings (SSSR count). The van der Waals surface area contributed by atoms with Gasteiger partial charge in [0.25, 0.3) is 11.1 Å². The number of hydrogen-bond donors (Lipinski definition) is 1. The normalized spacial score (nSPS) is 10.9. The van der Waals surface area contributed by atoms with Gasteiger partial charge < -0.3 is 14.1 Å². The maximum Gasteiger partial charge on any atom is 0.266 e. The standard InChI is InChI=1S/C31H20N4O4/c1-38-22-14-10-19(11-15-22)24-17-27(34-30(36)25(24)18-32)20-8-12-21(13-9-20)35-29(28-7-4-16-39-28)33-26-6-3-2-5-23(26)31(35)37/h2-17H,1H3,(H,34,36). The number of aromatic amines is 1. The molecule has 0 unspecified atom stereocenters. The largest absolute Gasteiger partial charge is 0.497 e. The van der Waals surface area contributed by atoms with Crippen molar-refractivity contribution in [2.45, 2.75) is 0 Å². The van der Waals surface area contributed by atoms with Crippen LogP contribution in [0.4, 0.5) is 0 Å². The van der Waals surface area contributed by atoms with Crippen LogP contribution in [0.25, 0.3) is 50.6 Å². The zero-order valence-corrected chi connectivity index (χ0v) is 20.7. The summed E-state index contributed by atoms with van der Waals surface area (Å²) in [4.78, 5) is 33.9. The van der Waals surface area contributed by atoms with Crippen LogP contribution in [0.1, 0.15) is 5.56 Å². The van der Waals surface area contributed by atoms with E-state index in [1.807, 2.05) is 12.1 Å². The van der Waals surface area contributed by atoms with E-state index < -0.39 is 5.56 Å². The van der Waals surface area contributed by atoms with Crippen molar-refractivity contribution in [3.8, 4) is 51.5 Å². The lowest BCUT2D eigenvalue weighted by Crippen LogP contribution is -2.21. The SMILES string of the molecule is COc1ccc(-c2cc(-c3ccc(-n4c(-c5ccco5)nc5ccccc5c4=O)cc3)[nH]c(=O)c2C#N)cc1. The number of fused-ring (bicyclic) bond motifs is 1. The molecule has 6 aromatic rings. The Morgan fingerprint density at radius 3 is 2.36 bits per heavy atom. The minimum atomic E-state index is -0.486. The van der Waals surface area contributed by atoms with E-state index in [1.54, 1.807) is 92.0 Å². The topological polar surface area (TPSA) is 114 Å². The molecule has 3 aromatic carbocycles. The molecule has 0 spiro atoms. The van der Waals surface area contributed by atoms with Gasteiger partial charge in [-0.15, -0.1) is 0 Å². The van der Waals surface area contributed by atoms with Crippen molar-refractivity contribution in [3.05, 3.63) is 124 Å². The van der Waals surface area contributed by atoms with E-state index in [9.17, 15) is 14.9 Å². The molecule has 3 aromatic heterocycles. The van der Waals surface area contributed by atoms with Gasteiger partial charge in [-0.3, -0.25) is 14.2 Å². The third-order valence-electron chi connectivity index (χ3n) is 6.50. The van der Waals surface area contributed by atoms with E-state index in [1.165, 1.54) is 10.8 Å². The maximum absolute atomic E-state index is 13.6. The summed E-state index contributed by atoms with van der Waals surface area (Å²) in [5.74, 6) is 1.51. The van der Waals surface area contributed by atoms with Gasteiger partial charge in [0.05, 0.1) is 30.0 Å². The summed E-state index contributed by atoms with van der Waals surface area (Å²) in [5.41, 5.74) is 2.93. The Bertz CT molecular complexity index is 1980. The van der Waals surface area contributed by atoms with Crippen molar-refractivity contribution >= 4 is 10.9 Å². The predicted octanol–water partition coefficient (Wildman–Crippen LogP) is 5.55. The van der Waals surface area contributed by atoms with Gasteiger partial charge >= 0.3 is 0 Å². The van der Waals surface area contributed by atoms with Crippen LogP contribution in [-0.4, -0.2) is 21.6 Å². The smallest absolute Gasteiger partial charge is 0.266 e. The van der Waals surface area contributed by atoms with E-state index in [0.717, 1.165) is 0 Å². The number of methoxy groups -OCH3 is 1. The summed E-state index contributed by atoms with van der Waals surface area (Å²) in [6.07, 6.45) is 1.53. The van der Waals surface area contributed by atoms with Gasteiger partial charge in [0.1, 0.15) is 17.4 Å². The van der Waals surface area contributed by atoms with Crippen molar-refractivity contribution in [1.82, 2.24) is 14.5 Å². The molecule has 0 atom stereocenters. The first-order valence-electron chi connectivity index (χ1n) is 12.1. The van der Waals surface area contributed by atoms with Gasteiger partial charge in [0.2, 0.25) is 0 Å². The second-order valence-corrected chi connectivity index (χ2v) is 8.76. The van der Waals surface area contributed by atoms with E-state index in [-0.39, 0.29) is 11.1 Å². The molecule has 0 aliphatic heterocycles. The number of nitriles is 1. The number of nitrogens with one attached hydrogen (secondary N) is 1. The monoisotopic (exact) mass is 512 g/mol. The number of rotatable bonds is 5. The van der Waals surface area contributed by atoms with Crippen LogP contribution < -0.4 is 15.9 Å². The van der Waals surface area contributed by atoms with Crippen molar-refractivity contribution < 1.29 is 9.15 Å². The molecule has 0 amide bonds. The fraction of sp³-hybridized carbons (Fsp3) is 0.0323. The number of hydrogen-bond acceptors (Lipinski definition) is 6. The van der Waals surface area contributed by atoms with Crippen molar-refractivity contribution in [3.63, 3.8) is 0 Å². The van der Waals surface area contributed by atoms with Crippen LogP contribution in [0.5, 0.6) is 5.75 Å². The summed E-state index contributed by atoms with van der Waals surface area (Å²) >= 11 is 0. The first-order valence-corrected chi connectivity index (χ1v) is 12.1. The molecule has 8 heteroatoms. The Hall–Kier alpha value is -5.68. The molecule has 0 saturated carbocycles. The van der Waals surface area contributed by atoms with E-state index in [0.29, 0.717) is 56.3 Å². The summed E-state index contributed by atoms with van der Waals surface area (Å²) in [6, 6.07) is 28.8. The molecule has 8 nitrogen and oxygen atoms in total. The number of H-pyrrole nitrogens is 1. The van der Waals surface area contributed by atoms with Gasteiger partial charge in [-0.1, -0.05) is 36.4 Å². The number of para-hydroxylation sites is 1. The van der Waals surface area contributed by atoms with E-state index >= 15 is 0 Å². The fourth-order valence-electron chi connectivity index (χ4n) is 4.56. The maximum atomic E-state index is 13.6. The van der Waals surface area contributed by atoms with Crippen molar-refractivity contribution in [2.24, 2.45) is 0 Å². The van der Waals surface area contributed by atoms with Crippen molar-refractivity contribution in [2.75, 3.05) is 7.11 Å². The fourth-order valence-corrected chi connectivity index (χ4v) is 4.56. The number of ether oxygens (including phenoxy) is 1. The van der Waals surface area contributed by atoms with Crippen LogP contribution in [0.15, 0.2) is 111 Å². The third kappa shape index (κ3) is 4.18. The van der Waals surface area contributed by atoms with Crippen molar-refractivity contribution in [1.29, 1.82) is 5.26 Å². The Kier molecular flexibility index (Phi) is 5.86. The predicted molar refractivity (Wildman–Crippen MR) is 148 cm³/mol. The van der Waals surface area contributed by atoms with E-state index in [2.05, 4.69) is 4.98 Å². The Morgan fingerprint density at radius 2 is 1.67 bits per heavy atom.